The zero-order valence-corrected chi connectivity index (χ0v) is 31.8. The van der Waals surface area contributed by atoms with E-state index in [9.17, 15) is 0 Å². The van der Waals surface area contributed by atoms with Gasteiger partial charge in [0, 0.05) is 0 Å². The molecule has 0 aliphatic rings. The van der Waals surface area contributed by atoms with Crippen LogP contribution in [-0.2, 0) is 0 Å². The topological polar surface area (TPSA) is 19.7 Å². The van der Waals surface area contributed by atoms with Crippen molar-refractivity contribution in [2.45, 2.75) is 258 Å². The molecule has 0 spiro atoms. The minimum Gasteiger partial charge on any atom is -0.247 e. The smallest absolute Gasteiger partial charge is 0.247 e. The molecule has 0 aliphatic carbocycles. The van der Waals surface area contributed by atoms with Crippen LogP contribution in [0.15, 0.2) is 12.4 Å². The molecule has 2 heteroatoms. The maximum absolute atomic E-state index is 3.74. The molecule has 0 aromatic carbocycles. The Morgan fingerprint density at radius 3 is 1.04 bits per heavy atom. The van der Waals surface area contributed by atoms with Crippen LogP contribution in [0.2, 0.25) is 0 Å². The Morgan fingerprint density at radius 1 is 0.422 bits per heavy atom. The molecule has 1 heterocycles. The summed E-state index contributed by atoms with van der Waals surface area (Å²) in [5.41, 5.74) is 0. The number of unbranched alkanes of at least 4 members (excludes halogenated alkanes) is 28. The zero-order valence-electron chi connectivity index (χ0n) is 31.8. The van der Waals surface area contributed by atoms with Gasteiger partial charge in [-0.05, 0) is 32.6 Å². The molecular weight excluding hydrogens is 544 g/mol. The van der Waals surface area contributed by atoms with Crippen molar-refractivity contribution in [1.29, 1.82) is 0 Å². The van der Waals surface area contributed by atoms with E-state index < -0.39 is 0 Å². The monoisotopic (exact) mass is 630 g/mol. The predicted octanol–water partition coefficient (Wildman–Crippen LogP) is 15.3. The van der Waals surface area contributed by atoms with Gasteiger partial charge in [-0.2, -0.15) is 0 Å². The first-order valence-corrected chi connectivity index (χ1v) is 21.3. The SMILES string of the molecule is CCCCCCCCCCCCCCCCCCCC(CCCCCCC)c1[nH]cc[n+]1C(C)CCCCCCCCCCC. The fourth-order valence-electron chi connectivity index (χ4n) is 7.49. The molecule has 0 fully saturated rings. The van der Waals surface area contributed by atoms with Crippen molar-refractivity contribution < 1.29 is 4.57 Å². The number of imidazole rings is 1. The third kappa shape index (κ3) is 25.0. The van der Waals surface area contributed by atoms with Gasteiger partial charge in [0.1, 0.15) is 12.4 Å². The fourth-order valence-corrected chi connectivity index (χ4v) is 7.49. The molecule has 0 aliphatic heterocycles. The van der Waals surface area contributed by atoms with Gasteiger partial charge in [-0.1, -0.05) is 213 Å². The molecule has 0 bridgehead atoms. The van der Waals surface area contributed by atoms with Crippen LogP contribution in [0.4, 0.5) is 0 Å². The molecule has 2 nitrogen and oxygen atoms in total. The average Bonchev–Trinajstić information content (AvgIpc) is 3.54. The van der Waals surface area contributed by atoms with Gasteiger partial charge >= 0.3 is 0 Å². The van der Waals surface area contributed by atoms with E-state index in [4.69, 9.17) is 0 Å². The van der Waals surface area contributed by atoms with Gasteiger partial charge in [-0.15, -0.1) is 0 Å². The van der Waals surface area contributed by atoms with E-state index in [1.54, 1.807) is 0 Å². The molecule has 1 N–H and O–H groups in total. The van der Waals surface area contributed by atoms with Gasteiger partial charge in [0.25, 0.3) is 5.82 Å². The Labute approximate surface area is 285 Å². The molecule has 1 rings (SSSR count). The van der Waals surface area contributed by atoms with Crippen LogP contribution >= 0.6 is 0 Å². The maximum atomic E-state index is 3.74. The van der Waals surface area contributed by atoms with Crippen molar-refractivity contribution in [3.05, 3.63) is 18.2 Å². The van der Waals surface area contributed by atoms with Crippen molar-refractivity contribution in [3.63, 3.8) is 0 Å². The summed E-state index contributed by atoms with van der Waals surface area (Å²) in [6.07, 6.45) is 53.2. The fraction of sp³-hybridized carbons (Fsp3) is 0.930. The zero-order chi connectivity index (χ0) is 32.5. The first-order valence-electron chi connectivity index (χ1n) is 21.3. The second-order valence-electron chi connectivity index (χ2n) is 15.1. The number of hydrogen-bond donors (Lipinski definition) is 1. The van der Waals surface area contributed by atoms with E-state index in [1.165, 1.54) is 224 Å². The number of nitrogens with one attached hydrogen (secondary N) is 1. The van der Waals surface area contributed by atoms with Gasteiger partial charge in [0.2, 0.25) is 0 Å². The maximum Gasteiger partial charge on any atom is 0.257 e. The van der Waals surface area contributed by atoms with Crippen LogP contribution in [-0.4, -0.2) is 4.98 Å². The molecule has 266 valence electrons. The summed E-state index contributed by atoms with van der Waals surface area (Å²) in [5, 5.41) is 0. The summed E-state index contributed by atoms with van der Waals surface area (Å²) in [4.78, 5) is 3.74. The Hall–Kier alpha value is -0.790. The van der Waals surface area contributed by atoms with E-state index >= 15 is 0 Å². The van der Waals surface area contributed by atoms with Crippen LogP contribution in [0.1, 0.15) is 264 Å². The van der Waals surface area contributed by atoms with Crippen LogP contribution in [0.3, 0.4) is 0 Å². The van der Waals surface area contributed by atoms with Gasteiger partial charge < -0.3 is 0 Å². The van der Waals surface area contributed by atoms with Gasteiger partial charge in [0.05, 0.1) is 12.0 Å². The normalized spacial score (nSPS) is 13.1. The second-order valence-corrected chi connectivity index (χ2v) is 15.1. The first-order chi connectivity index (χ1) is 22.2. The van der Waals surface area contributed by atoms with Crippen molar-refractivity contribution in [3.8, 4) is 0 Å². The van der Waals surface area contributed by atoms with Crippen LogP contribution in [0, 0.1) is 0 Å². The van der Waals surface area contributed by atoms with Crippen molar-refractivity contribution in [1.82, 2.24) is 4.98 Å². The summed E-state index contributed by atoms with van der Waals surface area (Å²) in [7, 11) is 0. The Balaban J connectivity index is 2.26. The van der Waals surface area contributed by atoms with E-state index in [-0.39, 0.29) is 0 Å². The molecule has 2 unspecified atom stereocenters. The van der Waals surface area contributed by atoms with Crippen LogP contribution in [0.5, 0.6) is 0 Å². The molecule has 0 saturated heterocycles. The number of hydrogen-bond acceptors (Lipinski definition) is 0. The number of nitrogens with zero attached hydrogens (tertiary/aromatic N) is 1. The van der Waals surface area contributed by atoms with E-state index in [0.717, 1.165) is 0 Å². The van der Waals surface area contributed by atoms with E-state index in [0.29, 0.717) is 12.0 Å². The Kier molecular flexibility index (Phi) is 31.1. The lowest BCUT2D eigenvalue weighted by Gasteiger charge is -2.17. The predicted molar refractivity (Wildman–Crippen MR) is 202 cm³/mol. The largest absolute Gasteiger partial charge is 0.257 e. The van der Waals surface area contributed by atoms with Gasteiger partial charge in [-0.25, -0.2) is 9.55 Å². The highest BCUT2D eigenvalue weighted by Crippen LogP contribution is 2.27. The van der Waals surface area contributed by atoms with Gasteiger partial charge in [-0.3, -0.25) is 0 Å². The molecule has 1 aromatic rings. The highest BCUT2D eigenvalue weighted by atomic mass is 15.1. The molecule has 2 atom stereocenters. The quantitative estimate of drug-likeness (QED) is 0.0563. The van der Waals surface area contributed by atoms with Gasteiger partial charge in [0.15, 0.2) is 0 Å². The molecule has 0 amide bonds. The number of aromatic nitrogens is 2. The van der Waals surface area contributed by atoms with Crippen molar-refractivity contribution >= 4 is 0 Å². The summed E-state index contributed by atoms with van der Waals surface area (Å²) < 4.78 is 2.63. The highest BCUT2D eigenvalue weighted by molar-refractivity contribution is 4.90. The summed E-state index contributed by atoms with van der Waals surface area (Å²) in [5.74, 6) is 2.24. The van der Waals surface area contributed by atoms with E-state index in [2.05, 4.69) is 49.6 Å². The molecule has 0 saturated carbocycles. The number of H-pyrrole nitrogens is 1. The summed E-state index contributed by atoms with van der Waals surface area (Å²) in [6, 6.07) is 0.619. The first kappa shape index (κ1) is 42.2. The second kappa shape index (κ2) is 33.1. The summed E-state index contributed by atoms with van der Waals surface area (Å²) >= 11 is 0. The Morgan fingerprint density at radius 2 is 0.711 bits per heavy atom. The third-order valence-corrected chi connectivity index (χ3v) is 10.6. The standard InChI is InChI=1S/C43H84N2/c1-5-8-11-14-16-18-19-20-21-22-23-24-25-27-29-32-35-38-42(37-34-30-13-10-7-3)43-44-39-40-45(43)41(4)36-33-31-28-26-17-15-12-9-6-2/h39-42H,5-38H2,1-4H3/p+1. The lowest BCUT2D eigenvalue weighted by molar-refractivity contribution is -0.727. The highest BCUT2D eigenvalue weighted by Gasteiger charge is 2.25. The lowest BCUT2D eigenvalue weighted by Crippen LogP contribution is -2.41. The molecule has 1 aromatic heterocycles. The van der Waals surface area contributed by atoms with E-state index in [1.807, 2.05) is 0 Å². The van der Waals surface area contributed by atoms with Crippen molar-refractivity contribution in [2.75, 3.05) is 0 Å². The molecule has 45 heavy (non-hydrogen) atoms. The van der Waals surface area contributed by atoms with Crippen molar-refractivity contribution in [2.24, 2.45) is 0 Å². The summed E-state index contributed by atoms with van der Waals surface area (Å²) in [6.45, 7) is 9.42. The lowest BCUT2D eigenvalue weighted by atomic mass is 9.93. The third-order valence-electron chi connectivity index (χ3n) is 10.6. The molecule has 0 radical (unpaired) electrons. The average molecular weight is 630 g/mol. The minimum atomic E-state index is 0.619. The van der Waals surface area contributed by atoms with Crippen LogP contribution < -0.4 is 4.57 Å². The minimum absolute atomic E-state index is 0.619. The molecular formula is C43H85N2+. The Bertz CT molecular complexity index is 694. The number of aromatic amines is 1. The number of rotatable bonds is 36. The van der Waals surface area contributed by atoms with Crippen LogP contribution in [0.25, 0.3) is 0 Å².